The van der Waals surface area contributed by atoms with Crippen molar-refractivity contribution in [1.82, 2.24) is 19.8 Å². The predicted molar refractivity (Wildman–Crippen MR) is 118 cm³/mol. The van der Waals surface area contributed by atoms with Crippen LogP contribution >= 0.6 is 11.3 Å². The Bertz CT molecular complexity index is 920. The van der Waals surface area contributed by atoms with Gasteiger partial charge in [-0.2, -0.15) is 0 Å². The van der Waals surface area contributed by atoms with Crippen LogP contribution in [0.4, 0.5) is 5.82 Å². The number of carbonyl (C=O) groups is 1. The topological polar surface area (TPSA) is 61.4 Å². The molecule has 6 nitrogen and oxygen atoms in total. The third-order valence-electron chi connectivity index (χ3n) is 6.67. The van der Waals surface area contributed by atoms with E-state index < -0.39 is 0 Å². The second-order valence-electron chi connectivity index (χ2n) is 9.13. The monoisotopic (exact) mass is 413 g/mol. The molecular formula is C22H31N5OS. The number of aromatic nitrogens is 2. The maximum absolute atomic E-state index is 12.9. The van der Waals surface area contributed by atoms with Gasteiger partial charge >= 0.3 is 0 Å². The lowest BCUT2D eigenvalue weighted by Gasteiger charge is -2.20. The first-order valence-electron chi connectivity index (χ1n) is 11.1. The Hall–Kier alpha value is -1.73. The Morgan fingerprint density at radius 1 is 1.21 bits per heavy atom. The highest BCUT2D eigenvalue weighted by Crippen LogP contribution is 2.39. The molecule has 1 aliphatic heterocycles. The molecule has 1 atom stereocenters. The van der Waals surface area contributed by atoms with Crippen LogP contribution < -0.4 is 5.32 Å². The minimum absolute atomic E-state index is 0.156. The number of anilines is 1. The number of hydrogen-bond acceptors (Lipinski definition) is 6. The SMILES string of the molecule is CN(C)[C@H]1CCN(C(=O)Cc2nc(NCC3CC3)c3c4c(sc3n2)CCCC4)C1. The number of fused-ring (bicyclic) bond motifs is 3. The maximum Gasteiger partial charge on any atom is 0.230 e. The lowest BCUT2D eigenvalue weighted by Crippen LogP contribution is -2.35. The third kappa shape index (κ3) is 3.99. The zero-order valence-corrected chi connectivity index (χ0v) is 18.4. The van der Waals surface area contributed by atoms with E-state index in [0.717, 1.165) is 55.5 Å². The summed E-state index contributed by atoms with van der Waals surface area (Å²) in [6, 6.07) is 0.460. The molecule has 2 fully saturated rings. The molecule has 156 valence electrons. The summed E-state index contributed by atoms with van der Waals surface area (Å²) < 4.78 is 0. The fourth-order valence-corrected chi connectivity index (χ4v) is 5.89. The highest BCUT2D eigenvalue weighted by atomic mass is 32.1. The smallest absolute Gasteiger partial charge is 0.230 e. The fourth-order valence-electron chi connectivity index (χ4n) is 4.61. The summed E-state index contributed by atoms with van der Waals surface area (Å²) in [5.74, 6) is 2.58. The molecule has 2 aromatic rings. The average molecular weight is 414 g/mol. The average Bonchev–Trinajstić information content (AvgIpc) is 3.25. The van der Waals surface area contributed by atoms with E-state index in [-0.39, 0.29) is 5.91 Å². The maximum atomic E-state index is 12.9. The lowest BCUT2D eigenvalue weighted by atomic mass is 9.97. The van der Waals surface area contributed by atoms with Gasteiger partial charge in [-0.25, -0.2) is 9.97 Å². The molecule has 1 amide bonds. The van der Waals surface area contributed by atoms with Crippen molar-refractivity contribution in [2.45, 2.75) is 57.4 Å². The number of nitrogens with zero attached hydrogens (tertiary/aromatic N) is 4. The van der Waals surface area contributed by atoms with Crippen LogP contribution in [-0.2, 0) is 24.1 Å². The number of carbonyl (C=O) groups excluding carboxylic acids is 1. The number of amides is 1. The molecular weight excluding hydrogens is 382 g/mol. The van der Waals surface area contributed by atoms with Crippen LogP contribution in [0.5, 0.6) is 0 Å². The van der Waals surface area contributed by atoms with Gasteiger partial charge in [-0.3, -0.25) is 4.79 Å². The van der Waals surface area contributed by atoms with Gasteiger partial charge in [-0.1, -0.05) is 0 Å². The number of thiophene rings is 1. The summed E-state index contributed by atoms with van der Waals surface area (Å²) >= 11 is 1.82. The molecule has 1 saturated heterocycles. The summed E-state index contributed by atoms with van der Waals surface area (Å²) in [6.07, 6.45) is 8.80. The molecule has 5 rings (SSSR count). The normalized spacial score (nSPS) is 21.8. The Labute approximate surface area is 176 Å². The summed E-state index contributed by atoms with van der Waals surface area (Å²) in [7, 11) is 4.18. The fraction of sp³-hybridized carbons (Fsp3) is 0.682. The van der Waals surface area contributed by atoms with E-state index in [1.807, 2.05) is 16.2 Å². The second kappa shape index (κ2) is 7.84. The van der Waals surface area contributed by atoms with Crippen molar-refractivity contribution in [2.24, 2.45) is 5.92 Å². The van der Waals surface area contributed by atoms with E-state index in [1.165, 1.54) is 41.5 Å². The largest absolute Gasteiger partial charge is 0.369 e. The summed E-state index contributed by atoms with van der Waals surface area (Å²) in [5, 5.41) is 4.85. The summed E-state index contributed by atoms with van der Waals surface area (Å²) in [4.78, 5) is 29.4. The number of nitrogens with one attached hydrogen (secondary N) is 1. The molecule has 7 heteroatoms. The zero-order chi connectivity index (χ0) is 20.0. The van der Waals surface area contributed by atoms with E-state index in [2.05, 4.69) is 24.3 Å². The van der Waals surface area contributed by atoms with Crippen LogP contribution in [0, 0.1) is 5.92 Å². The summed E-state index contributed by atoms with van der Waals surface area (Å²) in [5.41, 5.74) is 1.46. The van der Waals surface area contributed by atoms with Crippen molar-refractivity contribution in [3.63, 3.8) is 0 Å². The van der Waals surface area contributed by atoms with Gasteiger partial charge in [0.15, 0.2) is 0 Å². The molecule has 0 unspecified atom stereocenters. The minimum Gasteiger partial charge on any atom is -0.369 e. The van der Waals surface area contributed by atoms with Crippen LogP contribution in [-0.4, -0.2) is 65.4 Å². The van der Waals surface area contributed by atoms with Crippen LogP contribution in [0.25, 0.3) is 10.2 Å². The molecule has 1 saturated carbocycles. The lowest BCUT2D eigenvalue weighted by molar-refractivity contribution is -0.129. The van der Waals surface area contributed by atoms with Crippen LogP contribution in [0.2, 0.25) is 0 Å². The first-order valence-corrected chi connectivity index (χ1v) is 11.9. The van der Waals surface area contributed by atoms with E-state index in [9.17, 15) is 4.79 Å². The number of hydrogen-bond donors (Lipinski definition) is 1. The minimum atomic E-state index is 0.156. The van der Waals surface area contributed by atoms with Crippen LogP contribution in [0.15, 0.2) is 0 Å². The van der Waals surface area contributed by atoms with Crippen molar-refractivity contribution in [2.75, 3.05) is 39.0 Å². The van der Waals surface area contributed by atoms with Gasteiger partial charge in [-0.05, 0) is 70.5 Å². The van der Waals surface area contributed by atoms with Crippen molar-refractivity contribution >= 4 is 33.3 Å². The standard InChI is InChI=1S/C22H31N5OS/c1-26(2)15-9-10-27(13-15)19(28)11-18-24-21(23-12-14-7-8-14)20-16-5-3-4-6-17(16)29-22(20)25-18/h14-15H,3-13H2,1-2H3,(H,23,24,25)/t15-/m0/s1. The quantitative estimate of drug-likeness (QED) is 0.789. The molecule has 3 aliphatic rings. The van der Waals surface area contributed by atoms with Crippen LogP contribution in [0.1, 0.15) is 48.4 Å². The molecule has 0 spiro atoms. The van der Waals surface area contributed by atoms with Crippen molar-refractivity contribution in [3.05, 3.63) is 16.3 Å². The number of aryl methyl sites for hydroxylation is 2. The highest BCUT2D eigenvalue weighted by Gasteiger charge is 2.29. The molecule has 1 N–H and O–H groups in total. The van der Waals surface area contributed by atoms with Gasteiger partial charge < -0.3 is 15.1 Å². The third-order valence-corrected chi connectivity index (χ3v) is 7.86. The Balaban J connectivity index is 1.40. The van der Waals surface area contributed by atoms with Crippen molar-refractivity contribution in [1.29, 1.82) is 0 Å². The highest BCUT2D eigenvalue weighted by molar-refractivity contribution is 7.19. The van der Waals surface area contributed by atoms with Crippen molar-refractivity contribution < 1.29 is 4.79 Å². The van der Waals surface area contributed by atoms with Crippen LogP contribution in [0.3, 0.4) is 0 Å². The number of likely N-dealkylation sites (tertiary alicyclic amines) is 1. The first-order chi connectivity index (χ1) is 14.1. The van der Waals surface area contributed by atoms with Gasteiger partial charge in [0.05, 0.1) is 11.8 Å². The molecule has 3 heterocycles. The molecule has 29 heavy (non-hydrogen) atoms. The zero-order valence-electron chi connectivity index (χ0n) is 17.5. The van der Waals surface area contributed by atoms with Gasteiger partial charge in [-0.15, -0.1) is 11.3 Å². The Morgan fingerprint density at radius 2 is 2.03 bits per heavy atom. The van der Waals surface area contributed by atoms with E-state index in [4.69, 9.17) is 9.97 Å². The first kappa shape index (κ1) is 19.2. The molecule has 2 aliphatic carbocycles. The molecule has 2 aromatic heterocycles. The Kier molecular flexibility index (Phi) is 5.20. The van der Waals surface area contributed by atoms with E-state index in [1.54, 1.807) is 0 Å². The van der Waals surface area contributed by atoms with Gasteiger partial charge in [0, 0.05) is 30.6 Å². The van der Waals surface area contributed by atoms with Gasteiger partial charge in [0.25, 0.3) is 0 Å². The molecule has 0 aromatic carbocycles. The number of likely N-dealkylation sites (N-methyl/N-ethyl adjacent to an activating group) is 1. The van der Waals surface area contributed by atoms with E-state index >= 15 is 0 Å². The second-order valence-corrected chi connectivity index (χ2v) is 10.2. The van der Waals surface area contributed by atoms with E-state index in [0.29, 0.717) is 18.3 Å². The number of rotatable bonds is 6. The summed E-state index contributed by atoms with van der Waals surface area (Å²) in [6.45, 7) is 2.64. The van der Waals surface area contributed by atoms with Crippen molar-refractivity contribution in [3.8, 4) is 0 Å². The Morgan fingerprint density at radius 3 is 2.79 bits per heavy atom. The van der Waals surface area contributed by atoms with Gasteiger partial charge in [0.2, 0.25) is 5.91 Å². The predicted octanol–water partition coefficient (Wildman–Crippen LogP) is 3.10. The molecule has 0 radical (unpaired) electrons. The van der Waals surface area contributed by atoms with Gasteiger partial charge in [0.1, 0.15) is 16.5 Å². The molecule has 0 bridgehead atoms.